The highest BCUT2D eigenvalue weighted by atomic mass is 35.5. The summed E-state index contributed by atoms with van der Waals surface area (Å²) in [4.78, 5) is 27.0. The van der Waals surface area contributed by atoms with Crippen LogP contribution in [0.25, 0.3) is 0 Å². The van der Waals surface area contributed by atoms with Gasteiger partial charge in [0.15, 0.2) is 0 Å². The molecule has 1 aromatic rings. The van der Waals surface area contributed by atoms with E-state index >= 15 is 0 Å². The summed E-state index contributed by atoms with van der Waals surface area (Å²) in [5, 5.41) is 5.69. The fraction of sp³-hybridized carbons (Fsp3) is 0.579. The molecule has 2 atom stereocenters. The van der Waals surface area contributed by atoms with Crippen LogP contribution < -0.4 is 10.6 Å². The lowest BCUT2D eigenvalue weighted by Crippen LogP contribution is -2.56. The quantitative estimate of drug-likeness (QED) is 0.770. The zero-order valence-electron chi connectivity index (χ0n) is 15.4. The molecule has 2 fully saturated rings. The Bertz CT molecular complexity index is 656. The molecular formula is C19H27ClFN3O2S. The molecule has 5 nitrogen and oxygen atoms in total. The van der Waals surface area contributed by atoms with E-state index < -0.39 is 6.04 Å². The van der Waals surface area contributed by atoms with Crippen molar-refractivity contribution < 1.29 is 14.0 Å². The van der Waals surface area contributed by atoms with Gasteiger partial charge in [-0.2, -0.15) is 0 Å². The molecule has 0 saturated carbocycles. The van der Waals surface area contributed by atoms with Gasteiger partial charge >= 0.3 is 0 Å². The third-order valence-electron chi connectivity index (χ3n) is 5.15. The van der Waals surface area contributed by atoms with Gasteiger partial charge in [-0.25, -0.2) is 4.39 Å². The summed E-state index contributed by atoms with van der Waals surface area (Å²) in [6.45, 7) is 2.48. The van der Waals surface area contributed by atoms with Crippen LogP contribution in [0, 0.1) is 11.7 Å². The van der Waals surface area contributed by atoms with E-state index in [0.29, 0.717) is 23.7 Å². The van der Waals surface area contributed by atoms with E-state index in [1.807, 2.05) is 11.9 Å². The Morgan fingerprint density at radius 1 is 1.33 bits per heavy atom. The second-order valence-corrected chi connectivity index (χ2v) is 8.24. The van der Waals surface area contributed by atoms with Gasteiger partial charge in [-0.1, -0.05) is 18.2 Å². The number of halogens is 2. The van der Waals surface area contributed by atoms with Crippen LogP contribution in [0.5, 0.6) is 0 Å². The summed E-state index contributed by atoms with van der Waals surface area (Å²) in [5.74, 6) is 0.708. The van der Waals surface area contributed by atoms with Crippen molar-refractivity contribution in [3.63, 3.8) is 0 Å². The number of nitrogens with zero attached hydrogens (tertiary/aromatic N) is 1. The van der Waals surface area contributed by atoms with Crippen LogP contribution in [0.4, 0.5) is 4.39 Å². The molecule has 0 aromatic heterocycles. The molecule has 3 rings (SSSR count). The maximum Gasteiger partial charge on any atom is 0.246 e. The largest absolute Gasteiger partial charge is 0.343 e. The molecule has 2 amide bonds. The topological polar surface area (TPSA) is 61.4 Å². The van der Waals surface area contributed by atoms with Crippen LogP contribution in [-0.2, 0) is 16.0 Å². The summed E-state index contributed by atoms with van der Waals surface area (Å²) in [5.41, 5.74) is 0.538. The van der Waals surface area contributed by atoms with Gasteiger partial charge in [0, 0.05) is 18.8 Å². The number of hydrogen-bond acceptors (Lipinski definition) is 4. The van der Waals surface area contributed by atoms with Crippen molar-refractivity contribution >= 4 is 36.0 Å². The first kappa shape index (κ1) is 22.0. The van der Waals surface area contributed by atoms with Gasteiger partial charge in [-0.05, 0) is 50.4 Å². The first-order valence-electron chi connectivity index (χ1n) is 9.17. The van der Waals surface area contributed by atoms with Crippen molar-refractivity contribution in [1.29, 1.82) is 0 Å². The van der Waals surface area contributed by atoms with E-state index in [4.69, 9.17) is 0 Å². The van der Waals surface area contributed by atoms with E-state index in [2.05, 4.69) is 10.6 Å². The average molecular weight is 416 g/mol. The summed E-state index contributed by atoms with van der Waals surface area (Å²) < 4.78 is 13.8. The van der Waals surface area contributed by atoms with Crippen LogP contribution in [0.1, 0.15) is 18.4 Å². The molecule has 150 valence electrons. The van der Waals surface area contributed by atoms with Crippen molar-refractivity contribution in [2.24, 2.45) is 5.92 Å². The second-order valence-electron chi connectivity index (χ2n) is 7.01. The molecule has 2 unspecified atom stereocenters. The Labute approximate surface area is 170 Å². The summed E-state index contributed by atoms with van der Waals surface area (Å²) in [6, 6.07) is 6.06. The third kappa shape index (κ3) is 5.59. The van der Waals surface area contributed by atoms with Gasteiger partial charge in [-0.15, -0.1) is 24.2 Å². The molecule has 2 saturated heterocycles. The fourth-order valence-electron chi connectivity index (χ4n) is 3.61. The third-order valence-corrected chi connectivity index (χ3v) is 6.46. The molecule has 2 aliphatic rings. The van der Waals surface area contributed by atoms with Gasteiger partial charge < -0.3 is 15.5 Å². The van der Waals surface area contributed by atoms with Crippen LogP contribution in [0.15, 0.2) is 24.3 Å². The fourth-order valence-corrected chi connectivity index (χ4v) is 4.78. The molecule has 0 bridgehead atoms. The van der Waals surface area contributed by atoms with Gasteiger partial charge in [0.05, 0.1) is 5.25 Å². The van der Waals surface area contributed by atoms with Crippen molar-refractivity contribution in [2.45, 2.75) is 30.6 Å². The SMILES string of the molecule is CNCC1CCN(C(=O)C2CSC(Cc3ccccc3F)C(=O)N2)CC1.Cl. The number of amides is 2. The number of likely N-dealkylation sites (tertiary alicyclic amines) is 1. The van der Waals surface area contributed by atoms with Gasteiger partial charge in [0.1, 0.15) is 11.9 Å². The number of nitrogens with one attached hydrogen (secondary N) is 2. The highest BCUT2D eigenvalue weighted by molar-refractivity contribution is 8.00. The summed E-state index contributed by atoms with van der Waals surface area (Å²) >= 11 is 1.45. The minimum Gasteiger partial charge on any atom is -0.343 e. The minimum atomic E-state index is -0.467. The zero-order valence-corrected chi connectivity index (χ0v) is 17.1. The lowest BCUT2D eigenvalue weighted by molar-refractivity contribution is -0.137. The van der Waals surface area contributed by atoms with E-state index in [1.165, 1.54) is 17.8 Å². The molecule has 2 aliphatic heterocycles. The number of carbonyl (C=O) groups excluding carboxylic acids is 2. The van der Waals surface area contributed by atoms with Crippen LogP contribution in [0.3, 0.4) is 0 Å². The first-order valence-corrected chi connectivity index (χ1v) is 10.2. The first-order chi connectivity index (χ1) is 12.6. The van der Waals surface area contributed by atoms with E-state index in [-0.39, 0.29) is 35.3 Å². The molecule has 2 heterocycles. The normalized spacial score (nSPS) is 23.5. The van der Waals surface area contributed by atoms with Gasteiger partial charge in [0.2, 0.25) is 11.8 Å². The maximum atomic E-state index is 13.8. The Hall–Kier alpha value is -1.31. The Morgan fingerprint density at radius 3 is 2.67 bits per heavy atom. The summed E-state index contributed by atoms with van der Waals surface area (Å²) in [7, 11) is 1.95. The zero-order chi connectivity index (χ0) is 18.5. The molecule has 0 aliphatic carbocycles. The second kappa shape index (κ2) is 10.3. The Morgan fingerprint density at radius 2 is 2.04 bits per heavy atom. The monoisotopic (exact) mass is 415 g/mol. The smallest absolute Gasteiger partial charge is 0.246 e. The van der Waals surface area contributed by atoms with Crippen molar-refractivity contribution in [2.75, 3.05) is 32.4 Å². The van der Waals surface area contributed by atoms with Crippen molar-refractivity contribution in [3.05, 3.63) is 35.6 Å². The van der Waals surface area contributed by atoms with E-state index in [1.54, 1.807) is 18.2 Å². The standard InChI is InChI=1S/C19H26FN3O2S.ClH/c1-21-11-13-6-8-23(9-7-13)19(25)16-12-26-17(18(24)22-16)10-14-4-2-3-5-15(14)20;/h2-5,13,16-17,21H,6-12H2,1H3,(H,22,24);1H. The molecule has 0 radical (unpaired) electrons. The van der Waals surface area contributed by atoms with Crippen LogP contribution in [-0.4, -0.2) is 60.4 Å². The van der Waals surface area contributed by atoms with Gasteiger partial charge in [-0.3, -0.25) is 9.59 Å². The number of thioether (sulfide) groups is 1. The molecule has 0 spiro atoms. The number of rotatable bonds is 5. The van der Waals surface area contributed by atoms with Crippen molar-refractivity contribution in [1.82, 2.24) is 15.5 Å². The number of piperidine rings is 1. The number of benzene rings is 1. The van der Waals surface area contributed by atoms with Crippen LogP contribution in [0.2, 0.25) is 0 Å². The predicted octanol–water partition coefficient (Wildman–Crippen LogP) is 1.85. The molecule has 27 heavy (non-hydrogen) atoms. The minimum absolute atomic E-state index is 0. The van der Waals surface area contributed by atoms with Crippen LogP contribution >= 0.6 is 24.2 Å². The highest BCUT2D eigenvalue weighted by Gasteiger charge is 2.35. The Kier molecular flexibility index (Phi) is 8.38. The highest BCUT2D eigenvalue weighted by Crippen LogP contribution is 2.25. The number of carbonyl (C=O) groups is 2. The van der Waals surface area contributed by atoms with Crippen molar-refractivity contribution in [3.8, 4) is 0 Å². The number of hydrogen-bond donors (Lipinski definition) is 2. The van der Waals surface area contributed by atoms with Gasteiger partial charge in [0.25, 0.3) is 0 Å². The maximum absolute atomic E-state index is 13.8. The molecule has 1 aromatic carbocycles. The summed E-state index contributed by atoms with van der Waals surface area (Å²) in [6.07, 6.45) is 2.34. The average Bonchev–Trinajstić information content (AvgIpc) is 2.65. The lowest BCUT2D eigenvalue weighted by atomic mass is 9.96. The molecular weight excluding hydrogens is 389 g/mol. The van der Waals surface area contributed by atoms with E-state index in [9.17, 15) is 14.0 Å². The molecule has 8 heteroatoms. The predicted molar refractivity (Wildman–Crippen MR) is 109 cm³/mol. The Balaban J connectivity index is 0.00000261. The lowest BCUT2D eigenvalue weighted by Gasteiger charge is -2.36. The molecule has 2 N–H and O–H groups in total. The van der Waals surface area contributed by atoms with E-state index in [0.717, 1.165) is 32.5 Å².